The van der Waals surface area contributed by atoms with Crippen LogP contribution in [0.1, 0.15) is 28.8 Å². The Hall–Kier alpha value is -3.32. The molecule has 1 N–H and O–H groups in total. The van der Waals surface area contributed by atoms with Gasteiger partial charge in [0.15, 0.2) is 6.04 Å². The Labute approximate surface area is 162 Å². The molecule has 7 heteroatoms. The average molecular weight is 380 g/mol. The lowest BCUT2D eigenvalue weighted by Crippen LogP contribution is -2.38. The van der Waals surface area contributed by atoms with Gasteiger partial charge in [-0.05, 0) is 17.2 Å². The third-order valence-corrected chi connectivity index (χ3v) is 4.93. The predicted molar refractivity (Wildman–Crippen MR) is 100 cm³/mol. The summed E-state index contributed by atoms with van der Waals surface area (Å²) in [5.74, 6) is -0.546. The molecule has 1 unspecified atom stereocenters. The van der Waals surface area contributed by atoms with Crippen molar-refractivity contribution in [2.24, 2.45) is 0 Å². The van der Waals surface area contributed by atoms with Crippen molar-refractivity contribution < 1.29 is 24.3 Å². The molecule has 2 amide bonds. The number of rotatable bonds is 7. The van der Waals surface area contributed by atoms with E-state index in [1.165, 1.54) is 9.96 Å². The van der Waals surface area contributed by atoms with Gasteiger partial charge in [0, 0.05) is 5.56 Å². The van der Waals surface area contributed by atoms with E-state index in [0.29, 0.717) is 16.9 Å². The summed E-state index contributed by atoms with van der Waals surface area (Å²) in [6, 6.07) is 12.8. The number of hydrogen-bond acceptors (Lipinski definition) is 4. The quantitative estimate of drug-likeness (QED) is 0.746. The highest BCUT2D eigenvalue weighted by molar-refractivity contribution is 5.87. The molecule has 2 aliphatic rings. The molecule has 2 aromatic rings. The summed E-state index contributed by atoms with van der Waals surface area (Å²) in [5.41, 5.74) is 2.13. The average Bonchev–Trinajstić information content (AvgIpc) is 2.97. The molecular weight excluding hydrogens is 360 g/mol. The number of hydroxylamine groups is 2. The van der Waals surface area contributed by atoms with Crippen LogP contribution in [0.15, 0.2) is 61.2 Å². The second-order valence-corrected chi connectivity index (χ2v) is 6.64. The zero-order valence-corrected chi connectivity index (χ0v) is 15.2. The van der Waals surface area contributed by atoms with Crippen molar-refractivity contribution in [1.29, 1.82) is 0 Å². The van der Waals surface area contributed by atoms with E-state index in [0.717, 1.165) is 5.56 Å². The smallest absolute Gasteiger partial charge is 0.345 e. The molecule has 144 valence electrons. The van der Waals surface area contributed by atoms with Gasteiger partial charge < -0.3 is 14.7 Å². The van der Waals surface area contributed by atoms with E-state index in [1.807, 2.05) is 30.3 Å². The minimum absolute atomic E-state index is 0.208. The molecule has 2 heterocycles. The van der Waals surface area contributed by atoms with Crippen LogP contribution < -0.4 is 4.74 Å². The Morgan fingerprint density at radius 2 is 2.00 bits per heavy atom. The summed E-state index contributed by atoms with van der Waals surface area (Å²) < 4.78 is 5.76. The number of urea groups is 1. The van der Waals surface area contributed by atoms with Crippen molar-refractivity contribution in [3.05, 3.63) is 77.9 Å². The molecule has 2 bridgehead atoms. The second-order valence-electron chi connectivity index (χ2n) is 6.64. The molecule has 2 aromatic carbocycles. The first-order chi connectivity index (χ1) is 13.6. The van der Waals surface area contributed by atoms with Gasteiger partial charge in [-0.15, -0.1) is 0 Å². The fourth-order valence-corrected chi connectivity index (χ4v) is 3.75. The molecule has 0 saturated carbocycles. The maximum absolute atomic E-state index is 12.9. The van der Waals surface area contributed by atoms with Crippen molar-refractivity contribution in [1.82, 2.24) is 9.96 Å². The Kier molecular flexibility index (Phi) is 4.75. The number of nitrogens with zero attached hydrogens (tertiary/aromatic N) is 2. The van der Waals surface area contributed by atoms with E-state index >= 15 is 0 Å². The largest absolute Gasteiger partial charge is 0.489 e. The van der Waals surface area contributed by atoms with Crippen LogP contribution in [0.5, 0.6) is 5.75 Å². The Morgan fingerprint density at radius 1 is 1.21 bits per heavy atom. The molecule has 0 aliphatic carbocycles. The number of carbonyl (C=O) groups excluding carboxylic acids is 1. The molecule has 4 rings (SSSR count). The molecule has 0 spiro atoms. The van der Waals surface area contributed by atoms with Gasteiger partial charge >= 0.3 is 12.0 Å². The Balaban J connectivity index is 1.71. The van der Waals surface area contributed by atoms with Crippen LogP contribution in [0.3, 0.4) is 0 Å². The van der Waals surface area contributed by atoms with E-state index in [4.69, 9.17) is 9.57 Å². The second kappa shape index (κ2) is 7.36. The first-order valence-electron chi connectivity index (χ1n) is 8.97. The highest BCUT2D eigenvalue weighted by Gasteiger charge is 2.52. The number of carboxylic acids is 1. The van der Waals surface area contributed by atoms with Crippen molar-refractivity contribution >= 4 is 12.0 Å². The first-order valence-corrected chi connectivity index (χ1v) is 8.97. The number of hydrogen-bond donors (Lipinski definition) is 1. The molecule has 28 heavy (non-hydrogen) atoms. The van der Waals surface area contributed by atoms with Crippen LogP contribution in [0.2, 0.25) is 0 Å². The number of aliphatic carboxylic acids is 1. The van der Waals surface area contributed by atoms with Gasteiger partial charge in [0.25, 0.3) is 0 Å². The van der Waals surface area contributed by atoms with Gasteiger partial charge in [-0.25, -0.2) is 9.59 Å². The first kappa shape index (κ1) is 18.1. The van der Waals surface area contributed by atoms with Crippen molar-refractivity contribution in [2.45, 2.75) is 18.7 Å². The van der Waals surface area contributed by atoms with E-state index in [1.54, 1.807) is 24.3 Å². The van der Waals surface area contributed by atoms with E-state index in [-0.39, 0.29) is 19.8 Å². The summed E-state index contributed by atoms with van der Waals surface area (Å²) in [6.07, 6.45) is 1.62. The molecule has 0 radical (unpaired) electrons. The summed E-state index contributed by atoms with van der Waals surface area (Å²) >= 11 is 0. The molecule has 7 nitrogen and oxygen atoms in total. The monoisotopic (exact) mass is 380 g/mol. The summed E-state index contributed by atoms with van der Waals surface area (Å²) in [7, 11) is 0. The van der Waals surface area contributed by atoms with Crippen LogP contribution >= 0.6 is 0 Å². The van der Waals surface area contributed by atoms with Crippen LogP contribution in [-0.4, -0.2) is 40.2 Å². The lowest BCUT2D eigenvalue weighted by molar-refractivity contribution is -0.143. The maximum atomic E-state index is 12.9. The van der Waals surface area contributed by atoms with Gasteiger partial charge in [-0.1, -0.05) is 55.1 Å². The van der Waals surface area contributed by atoms with Gasteiger partial charge in [0.1, 0.15) is 25.0 Å². The maximum Gasteiger partial charge on any atom is 0.345 e. The number of carboxylic acid groups (broad SMARTS) is 1. The Bertz CT molecular complexity index is 914. The third-order valence-electron chi connectivity index (χ3n) is 4.93. The predicted octanol–water partition coefficient (Wildman–Crippen LogP) is 3.30. The zero-order valence-electron chi connectivity index (χ0n) is 15.2. The number of fused-ring (bicyclic) bond motifs is 4. The summed E-state index contributed by atoms with van der Waals surface area (Å²) in [5, 5.41) is 11.0. The number of carbonyl (C=O) groups is 2. The topological polar surface area (TPSA) is 79.3 Å². The van der Waals surface area contributed by atoms with E-state index in [9.17, 15) is 14.7 Å². The van der Waals surface area contributed by atoms with Crippen molar-refractivity contribution in [2.75, 3.05) is 13.2 Å². The van der Waals surface area contributed by atoms with Gasteiger partial charge in [0.05, 0.1) is 6.54 Å². The fraction of sp³-hybridized carbons (Fsp3) is 0.238. The van der Waals surface area contributed by atoms with Crippen LogP contribution in [0, 0.1) is 0 Å². The van der Waals surface area contributed by atoms with Gasteiger partial charge in [0.2, 0.25) is 0 Å². The van der Waals surface area contributed by atoms with Crippen molar-refractivity contribution in [3.63, 3.8) is 0 Å². The van der Waals surface area contributed by atoms with Crippen molar-refractivity contribution in [3.8, 4) is 5.75 Å². The molecule has 1 saturated heterocycles. The number of ether oxygens (including phenoxy) is 1. The number of amides is 2. The summed E-state index contributed by atoms with van der Waals surface area (Å²) in [4.78, 5) is 32.0. The number of benzene rings is 2. The van der Waals surface area contributed by atoms with Gasteiger partial charge in [-0.3, -0.25) is 4.84 Å². The van der Waals surface area contributed by atoms with Gasteiger partial charge in [-0.2, -0.15) is 5.06 Å². The minimum atomic E-state index is -1.08. The van der Waals surface area contributed by atoms with Crippen LogP contribution in [0.25, 0.3) is 0 Å². The molecule has 2 atom stereocenters. The zero-order chi connectivity index (χ0) is 19.7. The van der Waals surface area contributed by atoms with E-state index < -0.39 is 24.1 Å². The standard InChI is InChI=1S/C21H20N2O5/c1-2-11-27-17-10-6-9-15-18(17)16-12-22(19(15)20(24)25)21(26)23(16)28-13-14-7-4-3-5-8-14/h2-10,16,19H,1,11-13H2,(H,24,25)/t16-,19?/m1/s1. The molecule has 1 fully saturated rings. The lowest BCUT2D eigenvalue weighted by Gasteiger charge is -2.31. The Morgan fingerprint density at radius 3 is 2.71 bits per heavy atom. The van der Waals surface area contributed by atoms with Crippen LogP contribution in [-0.2, 0) is 16.2 Å². The minimum Gasteiger partial charge on any atom is -0.489 e. The molecular formula is C21H20N2O5. The molecule has 0 aromatic heterocycles. The highest BCUT2D eigenvalue weighted by Crippen LogP contribution is 2.47. The fourth-order valence-electron chi connectivity index (χ4n) is 3.75. The van der Waals surface area contributed by atoms with E-state index in [2.05, 4.69) is 6.58 Å². The summed E-state index contributed by atoms with van der Waals surface area (Å²) in [6.45, 7) is 4.37. The third kappa shape index (κ3) is 2.99. The molecule has 2 aliphatic heterocycles. The normalized spacial score (nSPS) is 20.1. The highest BCUT2D eigenvalue weighted by atomic mass is 16.7. The lowest BCUT2D eigenvalue weighted by atomic mass is 9.90. The SMILES string of the molecule is C=CCOc1cccc2c1[C@H]1CN(C(=O)N1OCc1ccccc1)C2C(=O)O. The van der Waals surface area contributed by atoms with Crippen LogP contribution in [0.4, 0.5) is 4.79 Å².